The Morgan fingerprint density at radius 2 is 2.14 bits per heavy atom. The van der Waals surface area contributed by atoms with E-state index < -0.39 is 0 Å². The van der Waals surface area contributed by atoms with E-state index in [0.717, 1.165) is 55.7 Å². The van der Waals surface area contributed by atoms with Gasteiger partial charge in [-0.3, -0.25) is 9.59 Å². The molecule has 1 atom stereocenters. The molecule has 1 fully saturated rings. The fourth-order valence-electron chi connectivity index (χ4n) is 3.90. The van der Waals surface area contributed by atoms with Crippen LogP contribution in [0.15, 0.2) is 24.3 Å². The normalized spacial score (nSPS) is 18.5. The summed E-state index contributed by atoms with van der Waals surface area (Å²) in [6.45, 7) is 3.92. The van der Waals surface area contributed by atoms with Gasteiger partial charge in [-0.2, -0.15) is 0 Å². The Hall–Kier alpha value is -2.67. The zero-order valence-corrected chi connectivity index (χ0v) is 16.2. The van der Waals surface area contributed by atoms with Gasteiger partial charge in [0.15, 0.2) is 5.82 Å². The van der Waals surface area contributed by atoms with E-state index in [1.807, 2.05) is 35.8 Å². The van der Waals surface area contributed by atoms with Crippen LogP contribution in [0.4, 0.5) is 5.69 Å². The molecule has 0 spiro atoms. The van der Waals surface area contributed by atoms with Crippen LogP contribution in [0.25, 0.3) is 0 Å². The molecule has 0 bridgehead atoms. The first-order chi connectivity index (χ1) is 13.6. The summed E-state index contributed by atoms with van der Waals surface area (Å²) in [5, 5.41) is 5.83. The van der Waals surface area contributed by atoms with Crippen LogP contribution >= 0.6 is 0 Å². The largest absolute Gasteiger partial charge is 0.376 e. The molecule has 3 heterocycles. The van der Waals surface area contributed by atoms with E-state index in [0.29, 0.717) is 24.6 Å². The quantitative estimate of drug-likeness (QED) is 0.833. The summed E-state index contributed by atoms with van der Waals surface area (Å²) in [6, 6.07) is 7.63. The monoisotopic (exact) mass is 382 g/mol. The summed E-state index contributed by atoms with van der Waals surface area (Å²) in [4.78, 5) is 30.0. The zero-order valence-electron chi connectivity index (χ0n) is 16.2. The van der Waals surface area contributed by atoms with Crippen molar-refractivity contribution in [3.63, 3.8) is 0 Å². The third kappa shape index (κ3) is 3.94. The lowest BCUT2D eigenvalue weighted by Gasteiger charge is -2.17. The van der Waals surface area contributed by atoms with Crippen LogP contribution in [-0.2, 0) is 17.7 Å². The van der Waals surface area contributed by atoms with Gasteiger partial charge in [0.25, 0.3) is 11.8 Å². The maximum absolute atomic E-state index is 12.9. The van der Waals surface area contributed by atoms with Gasteiger partial charge in [0, 0.05) is 25.4 Å². The number of aryl methyl sites for hydroxylation is 1. The number of hydrogen-bond acceptors (Lipinski definition) is 4. The van der Waals surface area contributed by atoms with E-state index in [4.69, 9.17) is 4.74 Å². The molecule has 1 aromatic heterocycles. The molecule has 2 aliphatic rings. The highest BCUT2D eigenvalue weighted by molar-refractivity contribution is 6.03. The van der Waals surface area contributed by atoms with Gasteiger partial charge in [-0.05, 0) is 56.7 Å². The topological polar surface area (TPSA) is 85.2 Å². The second-order valence-electron chi connectivity index (χ2n) is 7.51. The molecule has 2 N–H and O–H groups in total. The molecule has 0 saturated carbocycles. The molecular weight excluding hydrogens is 356 g/mol. The molecule has 4 rings (SSSR count). The van der Waals surface area contributed by atoms with E-state index in [9.17, 15) is 9.59 Å². The third-order valence-electron chi connectivity index (χ3n) is 5.33. The number of carbonyl (C=O) groups excluding carboxylic acids is 2. The molecule has 7 heteroatoms. The number of anilines is 1. The average molecular weight is 382 g/mol. The number of hydrogen-bond donors (Lipinski definition) is 2. The SMILES string of the molecule is Cc1cccc(NC(=O)c2nc(C(=O)NCC3CCCO3)c3n2CCCC3)c1. The zero-order chi connectivity index (χ0) is 19.5. The van der Waals surface area contributed by atoms with Crippen molar-refractivity contribution >= 4 is 17.5 Å². The number of fused-ring (bicyclic) bond motifs is 1. The fourth-order valence-corrected chi connectivity index (χ4v) is 3.90. The predicted octanol–water partition coefficient (Wildman–Crippen LogP) is 2.69. The van der Waals surface area contributed by atoms with Crippen molar-refractivity contribution in [2.75, 3.05) is 18.5 Å². The third-order valence-corrected chi connectivity index (χ3v) is 5.33. The molecule has 0 aliphatic carbocycles. The Labute approximate surface area is 164 Å². The number of benzene rings is 1. The van der Waals surface area contributed by atoms with E-state index >= 15 is 0 Å². The summed E-state index contributed by atoms with van der Waals surface area (Å²) in [6.07, 6.45) is 4.80. The summed E-state index contributed by atoms with van der Waals surface area (Å²) in [5.74, 6) is -0.207. The van der Waals surface area contributed by atoms with Crippen molar-refractivity contribution in [1.29, 1.82) is 0 Å². The number of aromatic nitrogens is 2. The van der Waals surface area contributed by atoms with Crippen LogP contribution in [0, 0.1) is 6.92 Å². The summed E-state index contributed by atoms with van der Waals surface area (Å²) in [7, 11) is 0. The number of amides is 2. The van der Waals surface area contributed by atoms with Crippen molar-refractivity contribution < 1.29 is 14.3 Å². The standard InChI is InChI=1S/C21H26N4O3/c1-14-6-4-7-15(12-14)23-21(27)19-24-18(17-9-2-3-10-25(17)19)20(26)22-13-16-8-5-11-28-16/h4,6-7,12,16H,2-3,5,8-11,13H2,1H3,(H,22,26)(H,23,27). The number of nitrogens with one attached hydrogen (secondary N) is 2. The second kappa shape index (κ2) is 8.14. The van der Waals surface area contributed by atoms with Gasteiger partial charge in [0.2, 0.25) is 0 Å². The first-order valence-electron chi connectivity index (χ1n) is 9.99. The Morgan fingerprint density at radius 1 is 1.25 bits per heavy atom. The van der Waals surface area contributed by atoms with Crippen LogP contribution in [0.2, 0.25) is 0 Å². The van der Waals surface area contributed by atoms with Crippen LogP contribution in [-0.4, -0.2) is 40.6 Å². The van der Waals surface area contributed by atoms with Gasteiger partial charge >= 0.3 is 0 Å². The maximum Gasteiger partial charge on any atom is 0.291 e. The van der Waals surface area contributed by atoms with E-state index in [-0.39, 0.29) is 17.9 Å². The van der Waals surface area contributed by atoms with Crippen LogP contribution < -0.4 is 10.6 Å². The Morgan fingerprint density at radius 3 is 2.93 bits per heavy atom. The van der Waals surface area contributed by atoms with Gasteiger partial charge in [-0.25, -0.2) is 4.98 Å². The van der Waals surface area contributed by atoms with Gasteiger partial charge in [0.05, 0.1) is 11.8 Å². The Kier molecular flexibility index (Phi) is 5.43. The van der Waals surface area contributed by atoms with Crippen molar-refractivity contribution in [3.8, 4) is 0 Å². The number of carbonyl (C=O) groups is 2. The Bertz CT molecular complexity index is 884. The first kappa shape index (κ1) is 18.7. The number of imidazole rings is 1. The van der Waals surface area contributed by atoms with E-state index in [1.165, 1.54) is 0 Å². The van der Waals surface area contributed by atoms with E-state index in [1.54, 1.807) is 0 Å². The van der Waals surface area contributed by atoms with Crippen LogP contribution in [0.5, 0.6) is 0 Å². The molecule has 148 valence electrons. The minimum Gasteiger partial charge on any atom is -0.376 e. The lowest BCUT2D eigenvalue weighted by atomic mass is 10.1. The molecule has 1 saturated heterocycles. The van der Waals surface area contributed by atoms with Crippen molar-refractivity contribution in [2.24, 2.45) is 0 Å². The molecule has 7 nitrogen and oxygen atoms in total. The fraction of sp³-hybridized carbons (Fsp3) is 0.476. The van der Waals surface area contributed by atoms with Crippen LogP contribution in [0.3, 0.4) is 0 Å². The molecular formula is C21H26N4O3. The van der Waals surface area contributed by atoms with Crippen LogP contribution in [0.1, 0.15) is 58.0 Å². The minimum absolute atomic E-state index is 0.0754. The molecule has 2 aliphatic heterocycles. The highest BCUT2D eigenvalue weighted by Gasteiger charge is 2.28. The van der Waals surface area contributed by atoms with Crippen molar-refractivity contribution in [2.45, 2.75) is 51.7 Å². The van der Waals surface area contributed by atoms with Gasteiger partial charge < -0.3 is 19.9 Å². The first-order valence-corrected chi connectivity index (χ1v) is 9.99. The summed E-state index contributed by atoms with van der Waals surface area (Å²) >= 11 is 0. The van der Waals surface area contributed by atoms with Crippen molar-refractivity contribution in [1.82, 2.24) is 14.9 Å². The second-order valence-corrected chi connectivity index (χ2v) is 7.51. The molecule has 2 amide bonds. The number of ether oxygens (including phenoxy) is 1. The number of nitrogens with zero attached hydrogens (tertiary/aromatic N) is 2. The smallest absolute Gasteiger partial charge is 0.291 e. The molecule has 1 aromatic carbocycles. The maximum atomic E-state index is 12.9. The van der Waals surface area contributed by atoms with Gasteiger partial charge in [0.1, 0.15) is 5.69 Å². The highest BCUT2D eigenvalue weighted by Crippen LogP contribution is 2.22. The molecule has 1 unspecified atom stereocenters. The van der Waals surface area contributed by atoms with Crippen molar-refractivity contribution in [3.05, 3.63) is 47.0 Å². The predicted molar refractivity (Wildman–Crippen MR) is 106 cm³/mol. The lowest BCUT2D eigenvalue weighted by molar-refractivity contribution is 0.0853. The van der Waals surface area contributed by atoms with Gasteiger partial charge in [-0.1, -0.05) is 12.1 Å². The lowest BCUT2D eigenvalue weighted by Crippen LogP contribution is -2.32. The molecule has 2 aromatic rings. The summed E-state index contributed by atoms with van der Waals surface area (Å²) in [5.41, 5.74) is 3.01. The van der Waals surface area contributed by atoms with Gasteiger partial charge in [-0.15, -0.1) is 0 Å². The Balaban J connectivity index is 1.54. The molecule has 28 heavy (non-hydrogen) atoms. The highest BCUT2D eigenvalue weighted by atomic mass is 16.5. The summed E-state index contributed by atoms with van der Waals surface area (Å²) < 4.78 is 7.47. The van der Waals surface area contributed by atoms with E-state index in [2.05, 4.69) is 15.6 Å². The average Bonchev–Trinajstić information content (AvgIpc) is 3.34. The number of rotatable bonds is 5. The minimum atomic E-state index is -0.285. The molecule has 0 radical (unpaired) electrons.